The molecule has 0 amide bonds. The van der Waals surface area contributed by atoms with Crippen molar-refractivity contribution < 1.29 is 9.50 Å². The summed E-state index contributed by atoms with van der Waals surface area (Å²) < 4.78 is 13.5. The molecule has 21 heavy (non-hydrogen) atoms. The van der Waals surface area contributed by atoms with Gasteiger partial charge in [0.05, 0.1) is 6.04 Å². The van der Waals surface area contributed by atoms with E-state index in [1.807, 2.05) is 17.5 Å². The number of halogens is 2. The molecule has 2 aromatic rings. The average molecular weight is 327 g/mol. The van der Waals surface area contributed by atoms with E-state index < -0.39 is 5.82 Å². The first-order valence-corrected chi connectivity index (χ1v) is 8.09. The summed E-state index contributed by atoms with van der Waals surface area (Å²) in [6.45, 7) is 3.54. The molecule has 0 saturated carbocycles. The molecule has 1 saturated heterocycles. The highest BCUT2D eigenvalue weighted by Gasteiger charge is 2.28. The second-order valence-corrected chi connectivity index (χ2v) is 6.36. The monoisotopic (exact) mass is 326 g/mol. The Morgan fingerprint density at radius 2 is 2.05 bits per heavy atom. The minimum absolute atomic E-state index is 0.0924. The van der Waals surface area contributed by atoms with Gasteiger partial charge in [0, 0.05) is 36.6 Å². The number of nitrogens with one attached hydrogen (secondary N) is 1. The van der Waals surface area contributed by atoms with E-state index in [-0.39, 0.29) is 16.8 Å². The van der Waals surface area contributed by atoms with Gasteiger partial charge in [-0.05, 0) is 17.5 Å². The van der Waals surface area contributed by atoms with Crippen molar-refractivity contribution in [1.29, 1.82) is 0 Å². The molecule has 0 unspecified atom stereocenters. The lowest BCUT2D eigenvalue weighted by molar-refractivity contribution is 0.198. The van der Waals surface area contributed by atoms with Gasteiger partial charge in [-0.15, -0.1) is 11.3 Å². The molecule has 1 aliphatic heterocycles. The van der Waals surface area contributed by atoms with Gasteiger partial charge in [-0.1, -0.05) is 23.7 Å². The molecule has 3 nitrogen and oxygen atoms in total. The first kappa shape index (κ1) is 14.8. The molecular formula is C15H16ClFN2OS. The largest absolute Gasteiger partial charge is 0.506 e. The summed E-state index contributed by atoms with van der Waals surface area (Å²) in [5.74, 6) is -0.753. The molecule has 1 fully saturated rings. The molecule has 1 aliphatic rings. The molecule has 2 heterocycles. The number of phenolic OH excluding ortho intramolecular Hbond substituents is 1. The minimum atomic E-state index is -0.594. The smallest absolute Gasteiger partial charge is 0.145 e. The molecule has 1 atom stereocenters. The van der Waals surface area contributed by atoms with Crippen LogP contribution in [0.25, 0.3) is 0 Å². The van der Waals surface area contributed by atoms with E-state index >= 15 is 0 Å². The van der Waals surface area contributed by atoms with Gasteiger partial charge in [0.1, 0.15) is 16.6 Å². The van der Waals surface area contributed by atoms with Crippen LogP contribution in [-0.4, -0.2) is 36.2 Å². The zero-order valence-electron chi connectivity index (χ0n) is 11.4. The molecule has 0 radical (unpaired) electrons. The number of hydrogen-bond donors (Lipinski definition) is 2. The lowest BCUT2D eigenvalue weighted by Gasteiger charge is -2.35. The number of benzene rings is 1. The summed E-state index contributed by atoms with van der Waals surface area (Å²) in [7, 11) is 0. The van der Waals surface area contributed by atoms with Gasteiger partial charge in [0.25, 0.3) is 0 Å². The van der Waals surface area contributed by atoms with Crippen LogP contribution < -0.4 is 5.32 Å². The Kier molecular flexibility index (Phi) is 4.45. The predicted octanol–water partition coefficient (Wildman–Crippen LogP) is 3.24. The van der Waals surface area contributed by atoms with E-state index in [0.717, 1.165) is 31.1 Å². The summed E-state index contributed by atoms with van der Waals surface area (Å²) in [6, 6.07) is 6.87. The van der Waals surface area contributed by atoms with Crippen LogP contribution in [0.3, 0.4) is 0 Å². The number of nitrogens with zero attached hydrogens (tertiary/aromatic N) is 1. The van der Waals surface area contributed by atoms with Gasteiger partial charge in [-0.2, -0.15) is 0 Å². The van der Waals surface area contributed by atoms with Gasteiger partial charge < -0.3 is 10.4 Å². The maximum Gasteiger partial charge on any atom is 0.145 e. The number of piperazine rings is 1. The summed E-state index contributed by atoms with van der Waals surface area (Å²) in [6.07, 6.45) is 0. The third-order valence-electron chi connectivity index (χ3n) is 3.72. The predicted molar refractivity (Wildman–Crippen MR) is 83.7 cm³/mol. The van der Waals surface area contributed by atoms with Gasteiger partial charge >= 0.3 is 0 Å². The molecule has 3 rings (SSSR count). The summed E-state index contributed by atoms with van der Waals surface area (Å²) >= 11 is 7.50. The van der Waals surface area contributed by atoms with Gasteiger partial charge in [0.15, 0.2) is 0 Å². The van der Waals surface area contributed by atoms with Crippen LogP contribution in [0.2, 0.25) is 5.02 Å². The molecule has 1 aromatic carbocycles. The van der Waals surface area contributed by atoms with Crippen LogP contribution in [0.4, 0.5) is 4.39 Å². The summed E-state index contributed by atoms with van der Waals surface area (Å²) in [5.41, 5.74) is 0.658. The summed E-state index contributed by atoms with van der Waals surface area (Å²) in [4.78, 5) is 3.40. The molecule has 0 spiro atoms. The van der Waals surface area contributed by atoms with Crippen molar-refractivity contribution in [2.24, 2.45) is 0 Å². The Morgan fingerprint density at radius 3 is 2.71 bits per heavy atom. The van der Waals surface area contributed by atoms with Crippen molar-refractivity contribution in [2.45, 2.75) is 6.04 Å². The number of aromatic hydroxyl groups is 1. The number of rotatable bonds is 3. The molecule has 1 aromatic heterocycles. The highest BCUT2D eigenvalue weighted by Crippen LogP contribution is 2.40. The van der Waals surface area contributed by atoms with E-state index in [4.69, 9.17) is 11.6 Å². The van der Waals surface area contributed by atoms with Crippen LogP contribution in [0.15, 0.2) is 29.6 Å². The molecule has 0 aliphatic carbocycles. The second-order valence-electron chi connectivity index (χ2n) is 5.00. The maximum absolute atomic E-state index is 13.5. The SMILES string of the molecule is Oc1c([C@H](c2cccs2)N2CCNCC2)ccc(F)c1Cl. The fourth-order valence-electron chi connectivity index (χ4n) is 2.69. The molecule has 6 heteroatoms. The van der Waals surface area contributed by atoms with Gasteiger partial charge in [-0.3, -0.25) is 4.90 Å². The van der Waals surface area contributed by atoms with Crippen molar-refractivity contribution in [3.63, 3.8) is 0 Å². The normalized spacial score (nSPS) is 17.8. The van der Waals surface area contributed by atoms with Crippen LogP contribution in [-0.2, 0) is 0 Å². The first-order valence-electron chi connectivity index (χ1n) is 6.83. The zero-order chi connectivity index (χ0) is 14.8. The van der Waals surface area contributed by atoms with Crippen LogP contribution in [0.5, 0.6) is 5.75 Å². The molecule has 112 valence electrons. The highest BCUT2D eigenvalue weighted by molar-refractivity contribution is 7.10. The Labute approximate surface area is 132 Å². The van der Waals surface area contributed by atoms with Crippen molar-refractivity contribution in [3.05, 3.63) is 50.9 Å². The van der Waals surface area contributed by atoms with E-state index in [2.05, 4.69) is 10.2 Å². The van der Waals surface area contributed by atoms with Crippen LogP contribution in [0, 0.1) is 5.82 Å². The number of thiophene rings is 1. The third kappa shape index (κ3) is 2.92. The molecule has 0 bridgehead atoms. The van der Waals surface area contributed by atoms with Crippen molar-refractivity contribution in [1.82, 2.24) is 10.2 Å². The Hall–Kier alpha value is -1.14. The fraction of sp³-hybridized carbons (Fsp3) is 0.333. The topological polar surface area (TPSA) is 35.5 Å². The van der Waals surface area contributed by atoms with Crippen molar-refractivity contribution >= 4 is 22.9 Å². The number of hydrogen-bond acceptors (Lipinski definition) is 4. The fourth-order valence-corrected chi connectivity index (χ4v) is 3.74. The first-order chi connectivity index (χ1) is 10.2. The minimum Gasteiger partial charge on any atom is -0.506 e. The van der Waals surface area contributed by atoms with Gasteiger partial charge in [-0.25, -0.2) is 4.39 Å². The second kappa shape index (κ2) is 6.32. The zero-order valence-corrected chi connectivity index (χ0v) is 12.9. The average Bonchev–Trinajstić information content (AvgIpc) is 3.03. The quantitative estimate of drug-likeness (QED) is 0.909. The molecular weight excluding hydrogens is 311 g/mol. The Morgan fingerprint density at radius 1 is 1.29 bits per heavy atom. The maximum atomic E-state index is 13.5. The third-order valence-corrected chi connectivity index (χ3v) is 5.01. The molecule has 2 N–H and O–H groups in total. The lowest BCUT2D eigenvalue weighted by Crippen LogP contribution is -2.45. The highest BCUT2D eigenvalue weighted by atomic mass is 35.5. The van der Waals surface area contributed by atoms with Crippen LogP contribution in [0.1, 0.15) is 16.5 Å². The van der Waals surface area contributed by atoms with E-state index in [9.17, 15) is 9.50 Å². The van der Waals surface area contributed by atoms with E-state index in [1.165, 1.54) is 6.07 Å². The van der Waals surface area contributed by atoms with Crippen molar-refractivity contribution in [2.75, 3.05) is 26.2 Å². The van der Waals surface area contributed by atoms with E-state index in [0.29, 0.717) is 5.56 Å². The number of phenols is 1. The Balaban J connectivity index is 2.05. The summed E-state index contributed by atoms with van der Waals surface area (Å²) in [5, 5.41) is 15.4. The Bertz CT molecular complexity index is 614. The van der Waals surface area contributed by atoms with Crippen LogP contribution >= 0.6 is 22.9 Å². The van der Waals surface area contributed by atoms with Gasteiger partial charge in [0.2, 0.25) is 0 Å². The standard InChI is InChI=1S/C15H16ClFN2OS/c16-13-11(17)4-3-10(15(13)20)14(12-2-1-9-21-12)19-7-5-18-6-8-19/h1-4,9,14,18,20H,5-8H2/t14-/m1/s1. The lowest BCUT2D eigenvalue weighted by atomic mass is 10.0. The van der Waals surface area contributed by atoms with Crippen molar-refractivity contribution in [3.8, 4) is 5.75 Å². The van der Waals surface area contributed by atoms with E-state index in [1.54, 1.807) is 17.4 Å².